The Kier molecular flexibility index (Phi) is 7.82. The fourth-order valence-electron chi connectivity index (χ4n) is 4.62. The fraction of sp³-hybridized carbons (Fsp3) is 0.520. The Morgan fingerprint density at radius 2 is 1.88 bits per heavy atom. The number of nitrogens with zero attached hydrogens (tertiary/aromatic N) is 4. The zero-order valence-corrected chi connectivity index (χ0v) is 18.6. The molecule has 0 N–H and O–H groups in total. The maximum atomic E-state index is 13.2. The van der Waals surface area contributed by atoms with Crippen molar-refractivity contribution < 1.29 is 14.3 Å². The van der Waals surface area contributed by atoms with E-state index in [1.807, 2.05) is 35.2 Å². The predicted octanol–water partition coefficient (Wildman–Crippen LogP) is 3.00. The van der Waals surface area contributed by atoms with Crippen molar-refractivity contribution >= 4 is 11.8 Å². The van der Waals surface area contributed by atoms with Crippen LogP contribution in [-0.4, -0.2) is 63.4 Å². The largest absolute Gasteiger partial charge is 0.370 e. The second-order valence-electron chi connectivity index (χ2n) is 8.73. The Labute approximate surface area is 189 Å². The van der Waals surface area contributed by atoms with E-state index in [0.717, 1.165) is 36.9 Å². The van der Waals surface area contributed by atoms with E-state index in [-0.39, 0.29) is 30.5 Å². The summed E-state index contributed by atoms with van der Waals surface area (Å²) in [5, 5.41) is 0. The van der Waals surface area contributed by atoms with Crippen LogP contribution >= 0.6 is 0 Å². The Bertz CT molecular complexity index is 871. The van der Waals surface area contributed by atoms with E-state index in [1.54, 1.807) is 23.5 Å². The van der Waals surface area contributed by atoms with Gasteiger partial charge in [-0.2, -0.15) is 0 Å². The number of hydrogen-bond acceptors (Lipinski definition) is 5. The van der Waals surface area contributed by atoms with E-state index in [1.165, 1.54) is 6.42 Å². The van der Waals surface area contributed by atoms with Crippen LogP contribution in [0.3, 0.4) is 0 Å². The highest BCUT2D eigenvalue weighted by atomic mass is 16.5. The molecular weight excluding hydrogens is 404 g/mol. The van der Waals surface area contributed by atoms with Gasteiger partial charge in [0.2, 0.25) is 11.8 Å². The van der Waals surface area contributed by atoms with Crippen LogP contribution in [0.2, 0.25) is 0 Å². The molecule has 170 valence electrons. The van der Waals surface area contributed by atoms with E-state index < -0.39 is 0 Å². The fourth-order valence-corrected chi connectivity index (χ4v) is 4.62. The number of hydrogen-bond donors (Lipinski definition) is 0. The maximum Gasteiger partial charge on any atom is 0.242 e. The van der Waals surface area contributed by atoms with Crippen molar-refractivity contribution in [3.05, 3.63) is 60.2 Å². The van der Waals surface area contributed by atoms with Gasteiger partial charge in [0.1, 0.15) is 0 Å². The minimum absolute atomic E-state index is 0.0376. The number of amides is 2. The third-order valence-electron chi connectivity index (χ3n) is 6.38. The van der Waals surface area contributed by atoms with Gasteiger partial charge in [0.05, 0.1) is 24.9 Å². The van der Waals surface area contributed by atoms with Crippen molar-refractivity contribution in [2.75, 3.05) is 19.6 Å². The SMILES string of the molecule is O=C(CCc1cnccn1)N1CC(=O)N(C2CCCCC2)CC(OCc2ccccc2)C1. The van der Waals surface area contributed by atoms with Crippen LogP contribution in [0.15, 0.2) is 48.9 Å². The average Bonchev–Trinajstić information content (AvgIpc) is 3.02. The Balaban J connectivity index is 1.44. The van der Waals surface area contributed by atoms with Crippen LogP contribution in [0.1, 0.15) is 49.8 Å². The lowest BCUT2D eigenvalue weighted by Gasteiger charge is -2.34. The molecule has 7 heteroatoms. The molecule has 0 bridgehead atoms. The molecular formula is C25H32N4O3. The maximum absolute atomic E-state index is 13.2. The van der Waals surface area contributed by atoms with E-state index in [9.17, 15) is 9.59 Å². The summed E-state index contributed by atoms with van der Waals surface area (Å²) in [6.07, 6.45) is 11.2. The van der Waals surface area contributed by atoms with E-state index in [0.29, 0.717) is 32.5 Å². The quantitative estimate of drug-likeness (QED) is 0.667. The van der Waals surface area contributed by atoms with Crippen molar-refractivity contribution in [1.29, 1.82) is 0 Å². The second kappa shape index (κ2) is 11.2. The number of aryl methyl sites for hydroxylation is 1. The highest BCUT2D eigenvalue weighted by Gasteiger charge is 2.34. The topological polar surface area (TPSA) is 75.6 Å². The molecule has 2 heterocycles. The normalized spacial score (nSPS) is 20.2. The summed E-state index contributed by atoms with van der Waals surface area (Å²) in [6.45, 7) is 1.58. The number of aromatic nitrogens is 2. The van der Waals surface area contributed by atoms with Gasteiger partial charge in [-0.25, -0.2) is 0 Å². The lowest BCUT2D eigenvalue weighted by Crippen LogP contribution is -2.46. The first-order valence-corrected chi connectivity index (χ1v) is 11.7. The van der Waals surface area contributed by atoms with Gasteiger partial charge in [-0.15, -0.1) is 0 Å². The van der Waals surface area contributed by atoms with Crippen molar-refractivity contribution in [2.24, 2.45) is 0 Å². The number of rotatable bonds is 7. The summed E-state index contributed by atoms with van der Waals surface area (Å²) in [5.74, 6) is -0.00151. The molecule has 2 amide bonds. The molecule has 1 aromatic carbocycles. The summed E-state index contributed by atoms with van der Waals surface area (Å²) in [5.41, 5.74) is 1.87. The molecule has 1 unspecified atom stereocenters. The molecule has 0 radical (unpaired) electrons. The third-order valence-corrected chi connectivity index (χ3v) is 6.38. The minimum atomic E-state index is -0.205. The first kappa shape index (κ1) is 22.4. The van der Waals surface area contributed by atoms with Gasteiger partial charge in [-0.3, -0.25) is 19.6 Å². The number of ether oxygens (including phenoxy) is 1. The zero-order valence-electron chi connectivity index (χ0n) is 18.6. The van der Waals surface area contributed by atoms with E-state index in [4.69, 9.17) is 4.74 Å². The molecule has 1 atom stereocenters. The summed E-state index contributed by atoms with van der Waals surface area (Å²) in [4.78, 5) is 38.2. The smallest absolute Gasteiger partial charge is 0.242 e. The lowest BCUT2D eigenvalue weighted by atomic mass is 9.94. The van der Waals surface area contributed by atoms with Gasteiger partial charge in [0, 0.05) is 44.1 Å². The van der Waals surface area contributed by atoms with E-state index >= 15 is 0 Å². The van der Waals surface area contributed by atoms with Crippen LogP contribution < -0.4 is 0 Å². The molecule has 2 aromatic rings. The average molecular weight is 437 g/mol. The molecule has 1 saturated heterocycles. The van der Waals surface area contributed by atoms with Crippen LogP contribution in [0.5, 0.6) is 0 Å². The lowest BCUT2D eigenvalue weighted by molar-refractivity contribution is -0.140. The van der Waals surface area contributed by atoms with Crippen LogP contribution in [0.25, 0.3) is 0 Å². The molecule has 2 fully saturated rings. The molecule has 2 aliphatic rings. The minimum Gasteiger partial charge on any atom is -0.370 e. The van der Waals surface area contributed by atoms with Gasteiger partial charge in [-0.1, -0.05) is 49.6 Å². The van der Waals surface area contributed by atoms with Gasteiger partial charge >= 0.3 is 0 Å². The highest BCUT2D eigenvalue weighted by molar-refractivity contribution is 5.85. The van der Waals surface area contributed by atoms with Gasteiger partial charge in [0.25, 0.3) is 0 Å². The van der Waals surface area contributed by atoms with Crippen LogP contribution in [0.4, 0.5) is 0 Å². The molecule has 1 aromatic heterocycles. The van der Waals surface area contributed by atoms with Crippen molar-refractivity contribution in [3.63, 3.8) is 0 Å². The standard InChI is InChI=1S/C25H32N4O3/c30-24(12-11-21-15-26-13-14-27-21)28-16-23(32-19-20-7-3-1-4-8-20)17-29(25(31)18-28)22-9-5-2-6-10-22/h1,3-4,7-8,13-15,22-23H,2,5-6,9-12,16-19H2. The Morgan fingerprint density at radius 3 is 2.62 bits per heavy atom. The summed E-state index contributed by atoms with van der Waals surface area (Å²) >= 11 is 0. The Hall–Kier alpha value is -2.80. The van der Waals surface area contributed by atoms with Crippen molar-refractivity contribution in [3.8, 4) is 0 Å². The summed E-state index contributed by atoms with van der Waals surface area (Å²) < 4.78 is 6.25. The first-order valence-electron chi connectivity index (χ1n) is 11.7. The van der Waals surface area contributed by atoms with Gasteiger partial charge < -0.3 is 14.5 Å². The monoisotopic (exact) mass is 436 g/mol. The van der Waals surface area contributed by atoms with Crippen LogP contribution in [-0.2, 0) is 27.4 Å². The van der Waals surface area contributed by atoms with E-state index in [2.05, 4.69) is 9.97 Å². The first-order chi connectivity index (χ1) is 15.7. The molecule has 1 aliphatic carbocycles. The van der Waals surface area contributed by atoms with Gasteiger partial charge in [-0.05, 0) is 24.8 Å². The highest BCUT2D eigenvalue weighted by Crippen LogP contribution is 2.25. The molecule has 32 heavy (non-hydrogen) atoms. The van der Waals surface area contributed by atoms with Crippen molar-refractivity contribution in [2.45, 2.75) is 63.7 Å². The molecule has 1 saturated carbocycles. The molecule has 7 nitrogen and oxygen atoms in total. The summed E-state index contributed by atoms with van der Waals surface area (Å²) in [6, 6.07) is 10.3. The molecule has 0 spiro atoms. The second-order valence-corrected chi connectivity index (χ2v) is 8.73. The number of benzene rings is 1. The zero-order chi connectivity index (χ0) is 22.2. The Morgan fingerprint density at radius 1 is 1.06 bits per heavy atom. The predicted molar refractivity (Wildman–Crippen MR) is 121 cm³/mol. The third kappa shape index (κ3) is 6.13. The van der Waals surface area contributed by atoms with Crippen LogP contribution in [0, 0.1) is 0 Å². The number of carbonyl (C=O) groups excluding carboxylic acids is 2. The summed E-state index contributed by atoms with van der Waals surface area (Å²) in [7, 11) is 0. The number of carbonyl (C=O) groups is 2. The van der Waals surface area contributed by atoms with Gasteiger partial charge in [0.15, 0.2) is 0 Å². The van der Waals surface area contributed by atoms with Crippen molar-refractivity contribution in [1.82, 2.24) is 19.8 Å². The molecule has 1 aliphatic heterocycles. The molecule has 4 rings (SSSR count).